The van der Waals surface area contributed by atoms with Gasteiger partial charge in [0.2, 0.25) is 0 Å². The molecule has 0 saturated heterocycles. The first-order valence-corrected chi connectivity index (χ1v) is 4.78. The normalized spacial score (nSPS) is 12.5. The van der Waals surface area contributed by atoms with Gasteiger partial charge < -0.3 is 11.1 Å². The van der Waals surface area contributed by atoms with Crippen molar-refractivity contribution in [1.29, 1.82) is 0 Å². The van der Waals surface area contributed by atoms with E-state index in [9.17, 15) is 0 Å². The van der Waals surface area contributed by atoms with Crippen LogP contribution < -0.4 is 11.1 Å². The first kappa shape index (κ1) is 10.1. The monoisotopic (exact) mass is 178 g/mol. The van der Waals surface area contributed by atoms with Crippen molar-refractivity contribution in [2.75, 3.05) is 11.9 Å². The topological polar surface area (TPSA) is 38.0 Å². The second-order valence-electron chi connectivity index (χ2n) is 3.42. The van der Waals surface area contributed by atoms with E-state index >= 15 is 0 Å². The molecule has 3 N–H and O–H groups in total. The zero-order chi connectivity index (χ0) is 9.68. The van der Waals surface area contributed by atoms with Crippen molar-refractivity contribution in [2.24, 2.45) is 5.73 Å². The summed E-state index contributed by atoms with van der Waals surface area (Å²) in [5, 5.41) is 3.31. The van der Waals surface area contributed by atoms with E-state index in [0.29, 0.717) is 0 Å². The molecule has 72 valence electrons. The van der Waals surface area contributed by atoms with Crippen LogP contribution >= 0.6 is 0 Å². The molecule has 0 aliphatic rings. The van der Waals surface area contributed by atoms with E-state index in [1.807, 2.05) is 0 Å². The van der Waals surface area contributed by atoms with Crippen LogP contribution in [0.5, 0.6) is 0 Å². The Morgan fingerprint density at radius 2 is 2.23 bits per heavy atom. The van der Waals surface area contributed by atoms with Crippen molar-refractivity contribution < 1.29 is 0 Å². The van der Waals surface area contributed by atoms with Crippen LogP contribution in [0, 0.1) is 6.92 Å². The summed E-state index contributed by atoms with van der Waals surface area (Å²) in [4.78, 5) is 0. The maximum absolute atomic E-state index is 5.80. The van der Waals surface area contributed by atoms with Crippen LogP contribution in [0.2, 0.25) is 0 Å². The van der Waals surface area contributed by atoms with Gasteiger partial charge in [-0.25, -0.2) is 0 Å². The highest BCUT2D eigenvalue weighted by Gasteiger charge is 1.97. The highest BCUT2D eigenvalue weighted by atomic mass is 14.9. The lowest BCUT2D eigenvalue weighted by Gasteiger charge is -2.11. The van der Waals surface area contributed by atoms with Gasteiger partial charge in [0.05, 0.1) is 0 Å². The highest BCUT2D eigenvalue weighted by molar-refractivity contribution is 5.45. The fourth-order valence-electron chi connectivity index (χ4n) is 1.15. The second-order valence-corrected chi connectivity index (χ2v) is 3.42. The first-order chi connectivity index (χ1) is 6.22. The molecular weight excluding hydrogens is 160 g/mol. The average molecular weight is 178 g/mol. The summed E-state index contributed by atoms with van der Waals surface area (Å²) in [6.45, 7) is 5.04. The summed E-state index contributed by atoms with van der Waals surface area (Å²) in [5.41, 5.74) is 8.23. The summed E-state index contributed by atoms with van der Waals surface area (Å²) in [5.74, 6) is 0. The molecule has 0 radical (unpaired) electrons. The van der Waals surface area contributed by atoms with Crippen LogP contribution in [0.3, 0.4) is 0 Å². The molecule has 1 atom stereocenters. The lowest BCUT2D eigenvalue weighted by Crippen LogP contribution is -2.27. The Kier molecular flexibility index (Phi) is 3.77. The third-order valence-electron chi connectivity index (χ3n) is 2.11. The quantitative estimate of drug-likeness (QED) is 0.741. The second kappa shape index (κ2) is 4.87. The van der Waals surface area contributed by atoms with Gasteiger partial charge in [-0.05, 0) is 31.0 Å². The lowest BCUT2D eigenvalue weighted by atomic mass is 10.2. The van der Waals surface area contributed by atoms with Crippen LogP contribution in [0.15, 0.2) is 24.3 Å². The van der Waals surface area contributed by atoms with Crippen LogP contribution in [-0.4, -0.2) is 12.6 Å². The summed E-state index contributed by atoms with van der Waals surface area (Å²) in [7, 11) is 0. The highest BCUT2D eigenvalue weighted by Crippen LogP contribution is 2.09. The Morgan fingerprint density at radius 1 is 1.46 bits per heavy atom. The summed E-state index contributed by atoms with van der Waals surface area (Å²) >= 11 is 0. The molecule has 0 aliphatic heterocycles. The minimum atomic E-state index is 0.250. The molecular formula is C11H18N2. The molecule has 2 heteroatoms. The number of anilines is 1. The number of hydrogen-bond donors (Lipinski definition) is 2. The number of nitrogens with one attached hydrogen (secondary N) is 1. The smallest absolute Gasteiger partial charge is 0.0343 e. The van der Waals surface area contributed by atoms with Gasteiger partial charge in [-0.2, -0.15) is 0 Å². The van der Waals surface area contributed by atoms with Crippen LogP contribution in [0.1, 0.15) is 18.9 Å². The molecule has 0 aliphatic carbocycles. The molecule has 1 unspecified atom stereocenters. The Labute approximate surface area is 80.1 Å². The number of rotatable bonds is 4. The molecule has 1 aromatic carbocycles. The van der Waals surface area contributed by atoms with E-state index in [2.05, 4.69) is 43.4 Å². The summed E-state index contributed by atoms with van der Waals surface area (Å²) in [6.07, 6.45) is 1.01. The van der Waals surface area contributed by atoms with E-state index < -0.39 is 0 Å². The number of hydrogen-bond acceptors (Lipinski definition) is 2. The Bertz CT molecular complexity index is 258. The lowest BCUT2D eigenvalue weighted by molar-refractivity contribution is 0.679. The average Bonchev–Trinajstić information content (AvgIpc) is 2.14. The van der Waals surface area contributed by atoms with Gasteiger partial charge in [0.15, 0.2) is 0 Å². The molecule has 13 heavy (non-hydrogen) atoms. The molecule has 0 bridgehead atoms. The number of nitrogens with two attached hydrogens (primary N) is 1. The van der Waals surface area contributed by atoms with Gasteiger partial charge in [-0.15, -0.1) is 0 Å². The minimum Gasteiger partial charge on any atom is -0.383 e. The van der Waals surface area contributed by atoms with Crippen LogP contribution in [-0.2, 0) is 0 Å². The van der Waals surface area contributed by atoms with Gasteiger partial charge in [0.1, 0.15) is 0 Å². The largest absolute Gasteiger partial charge is 0.383 e. The van der Waals surface area contributed by atoms with Crippen molar-refractivity contribution in [3.8, 4) is 0 Å². The summed E-state index contributed by atoms with van der Waals surface area (Å²) in [6, 6.07) is 8.58. The first-order valence-electron chi connectivity index (χ1n) is 4.78. The molecule has 0 heterocycles. The van der Waals surface area contributed by atoms with E-state index in [4.69, 9.17) is 5.73 Å². The third kappa shape index (κ3) is 3.47. The standard InChI is InChI=1S/C11H18N2/c1-3-10(12)8-13-11-6-4-5-9(2)7-11/h4-7,10,13H,3,8,12H2,1-2H3. The van der Waals surface area contributed by atoms with Crippen molar-refractivity contribution >= 4 is 5.69 Å². The summed E-state index contributed by atoms with van der Waals surface area (Å²) < 4.78 is 0. The van der Waals surface area contributed by atoms with Crippen LogP contribution in [0.4, 0.5) is 5.69 Å². The van der Waals surface area contributed by atoms with Crippen molar-refractivity contribution in [3.05, 3.63) is 29.8 Å². The molecule has 0 fully saturated rings. The minimum absolute atomic E-state index is 0.250. The number of aryl methyl sites for hydroxylation is 1. The zero-order valence-electron chi connectivity index (χ0n) is 8.38. The molecule has 1 rings (SSSR count). The molecule has 0 amide bonds. The predicted octanol–water partition coefficient (Wildman–Crippen LogP) is 2.14. The van der Waals surface area contributed by atoms with Gasteiger partial charge in [0, 0.05) is 18.3 Å². The molecule has 2 nitrogen and oxygen atoms in total. The fraction of sp³-hybridized carbons (Fsp3) is 0.455. The Balaban J connectivity index is 2.45. The zero-order valence-corrected chi connectivity index (χ0v) is 8.38. The van der Waals surface area contributed by atoms with Gasteiger partial charge in [-0.1, -0.05) is 19.1 Å². The third-order valence-corrected chi connectivity index (χ3v) is 2.11. The maximum atomic E-state index is 5.80. The van der Waals surface area contributed by atoms with Gasteiger partial charge in [-0.3, -0.25) is 0 Å². The van der Waals surface area contributed by atoms with Crippen molar-refractivity contribution in [3.63, 3.8) is 0 Å². The fourth-order valence-corrected chi connectivity index (χ4v) is 1.15. The Morgan fingerprint density at radius 3 is 2.85 bits per heavy atom. The molecule has 1 aromatic rings. The predicted molar refractivity (Wildman–Crippen MR) is 57.9 cm³/mol. The SMILES string of the molecule is CCC(N)CNc1cccc(C)c1. The van der Waals surface area contributed by atoms with Crippen molar-refractivity contribution in [2.45, 2.75) is 26.3 Å². The molecule has 0 aromatic heterocycles. The Hall–Kier alpha value is -1.02. The molecule has 0 spiro atoms. The van der Waals surface area contributed by atoms with E-state index in [1.165, 1.54) is 5.56 Å². The van der Waals surface area contributed by atoms with Gasteiger partial charge >= 0.3 is 0 Å². The van der Waals surface area contributed by atoms with E-state index in [0.717, 1.165) is 18.7 Å². The molecule has 0 saturated carbocycles. The van der Waals surface area contributed by atoms with Crippen LogP contribution in [0.25, 0.3) is 0 Å². The van der Waals surface area contributed by atoms with E-state index in [1.54, 1.807) is 0 Å². The van der Waals surface area contributed by atoms with Crippen molar-refractivity contribution in [1.82, 2.24) is 0 Å². The number of benzene rings is 1. The van der Waals surface area contributed by atoms with Gasteiger partial charge in [0.25, 0.3) is 0 Å². The maximum Gasteiger partial charge on any atom is 0.0343 e. The van der Waals surface area contributed by atoms with E-state index in [-0.39, 0.29) is 6.04 Å².